The molecular formula is C21H21N3O4. The summed E-state index contributed by atoms with van der Waals surface area (Å²) >= 11 is 0. The molecule has 1 N–H and O–H groups in total. The Labute approximate surface area is 162 Å². The molecule has 144 valence electrons. The van der Waals surface area contributed by atoms with Crippen LogP contribution in [0.5, 0.6) is 5.75 Å². The standard InChI is InChI=1S/C21H21N3O4/c1-13-21(26)24(12-15-3-6-18(7-4-15)22-14(2)25)20(23-28-13)17-5-8-19-16(11-17)9-10-27-19/h3-8,11,13H,9-10,12H2,1-2H3,(H,22,25). The van der Waals surface area contributed by atoms with Gasteiger partial charge in [-0.3, -0.25) is 14.5 Å². The van der Waals surface area contributed by atoms with Gasteiger partial charge in [-0.05, 0) is 48.4 Å². The lowest BCUT2D eigenvalue weighted by atomic mass is 10.1. The third kappa shape index (κ3) is 3.55. The van der Waals surface area contributed by atoms with Crippen LogP contribution in [0.1, 0.15) is 30.5 Å². The van der Waals surface area contributed by atoms with Crippen LogP contribution in [-0.2, 0) is 27.4 Å². The molecule has 0 spiro atoms. The average Bonchev–Trinajstić information content (AvgIpc) is 3.14. The molecule has 2 aliphatic heterocycles. The van der Waals surface area contributed by atoms with Crippen LogP contribution in [0.2, 0.25) is 0 Å². The third-order valence-corrected chi connectivity index (χ3v) is 4.73. The molecule has 7 heteroatoms. The molecule has 28 heavy (non-hydrogen) atoms. The highest BCUT2D eigenvalue weighted by atomic mass is 16.6. The minimum atomic E-state index is -0.639. The molecule has 7 nitrogen and oxygen atoms in total. The first-order chi connectivity index (χ1) is 13.5. The summed E-state index contributed by atoms with van der Waals surface area (Å²) in [6, 6.07) is 13.2. The number of carbonyl (C=O) groups is 2. The number of benzene rings is 2. The lowest BCUT2D eigenvalue weighted by Gasteiger charge is -2.30. The van der Waals surface area contributed by atoms with E-state index in [1.165, 1.54) is 6.92 Å². The lowest BCUT2D eigenvalue weighted by Crippen LogP contribution is -2.46. The normalized spacial score (nSPS) is 18.1. The predicted molar refractivity (Wildman–Crippen MR) is 104 cm³/mol. The van der Waals surface area contributed by atoms with Crippen molar-refractivity contribution < 1.29 is 19.2 Å². The van der Waals surface area contributed by atoms with Crippen molar-refractivity contribution in [3.05, 3.63) is 59.2 Å². The van der Waals surface area contributed by atoms with Crippen molar-refractivity contribution >= 4 is 23.3 Å². The molecule has 0 fully saturated rings. The van der Waals surface area contributed by atoms with Crippen molar-refractivity contribution in [2.75, 3.05) is 11.9 Å². The predicted octanol–water partition coefficient (Wildman–Crippen LogP) is 2.69. The number of hydrogen-bond donors (Lipinski definition) is 1. The van der Waals surface area contributed by atoms with Crippen LogP contribution in [0.15, 0.2) is 47.6 Å². The number of oxime groups is 1. The SMILES string of the molecule is CC(=O)Nc1ccc(CN2C(=O)C(C)ON=C2c2ccc3c(c2)CCO3)cc1. The molecule has 2 aromatic carbocycles. The van der Waals surface area contributed by atoms with Crippen LogP contribution < -0.4 is 10.1 Å². The highest BCUT2D eigenvalue weighted by Crippen LogP contribution is 2.28. The highest BCUT2D eigenvalue weighted by Gasteiger charge is 2.32. The van der Waals surface area contributed by atoms with Gasteiger partial charge in [-0.25, -0.2) is 0 Å². The summed E-state index contributed by atoms with van der Waals surface area (Å²) in [5, 5.41) is 6.95. The van der Waals surface area contributed by atoms with E-state index in [4.69, 9.17) is 9.57 Å². The fourth-order valence-electron chi connectivity index (χ4n) is 3.31. The second kappa shape index (κ2) is 7.34. The van der Waals surface area contributed by atoms with Crippen LogP contribution in [0, 0.1) is 0 Å². The van der Waals surface area contributed by atoms with Gasteiger partial charge in [-0.15, -0.1) is 0 Å². The molecule has 2 aliphatic rings. The fraction of sp³-hybridized carbons (Fsp3) is 0.286. The Morgan fingerprint density at radius 3 is 2.79 bits per heavy atom. The van der Waals surface area contributed by atoms with Gasteiger partial charge < -0.3 is 14.9 Å². The van der Waals surface area contributed by atoms with Crippen molar-refractivity contribution in [1.29, 1.82) is 0 Å². The summed E-state index contributed by atoms with van der Waals surface area (Å²) in [5.41, 5.74) is 3.56. The number of nitrogens with one attached hydrogen (secondary N) is 1. The highest BCUT2D eigenvalue weighted by molar-refractivity contribution is 6.09. The number of carbonyl (C=O) groups excluding carboxylic acids is 2. The number of anilines is 1. The Morgan fingerprint density at radius 2 is 2.04 bits per heavy atom. The number of amides is 2. The second-order valence-corrected chi connectivity index (χ2v) is 6.89. The van der Waals surface area contributed by atoms with Gasteiger partial charge in [0.05, 0.1) is 13.2 Å². The maximum Gasteiger partial charge on any atom is 0.272 e. The molecule has 0 radical (unpaired) electrons. The molecule has 1 atom stereocenters. The summed E-state index contributed by atoms with van der Waals surface area (Å²) in [4.78, 5) is 30.9. The van der Waals surface area contributed by atoms with Crippen molar-refractivity contribution in [3.8, 4) is 5.75 Å². The Morgan fingerprint density at radius 1 is 1.25 bits per heavy atom. The molecule has 0 saturated carbocycles. The Hall–Kier alpha value is -3.35. The summed E-state index contributed by atoms with van der Waals surface area (Å²) in [6.07, 6.45) is 0.201. The van der Waals surface area contributed by atoms with E-state index in [-0.39, 0.29) is 11.8 Å². The second-order valence-electron chi connectivity index (χ2n) is 6.89. The average molecular weight is 379 g/mol. The zero-order chi connectivity index (χ0) is 19.7. The fourth-order valence-corrected chi connectivity index (χ4v) is 3.31. The Kier molecular flexibility index (Phi) is 4.73. The van der Waals surface area contributed by atoms with Crippen LogP contribution in [0.4, 0.5) is 5.69 Å². The first kappa shape index (κ1) is 18.0. The molecule has 1 unspecified atom stereocenters. The van der Waals surface area contributed by atoms with Crippen molar-refractivity contribution in [2.45, 2.75) is 32.9 Å². The minimum absolute atomic E-state index is 0.125. The monoisotopic (exact) mass is 379 g/mol. The van der Waals surface area contributed by atoms with Crippen LogP contribution in [0.3, 0.4) is 0 Å². The number of fused-ring (bicyclic) bond motifs is 1. The zero-order valence-corrected chi connectivity index (χ0v) is 15.8. The van der Waals surface area contributed by atoms with Gasteiger partial charge in [-0.2, -0.15) is 0 Å². The van der Waals surface area contributed by atoms with E-state index in [1.807, 2.05) is 42.5 Å². The minimum Gasteiger partial charge on any atom is -0.493 e. The molecule has 0 saturated heterocycles. The number of nitrogens with zero attached hydrogens (tertiary/aromatic N) is 2. The molecule has 2 heterocycles. The van der Waals surface area contributed by atoms with Crippen LogP contribution in [0.25, 0.3) is 0 Å². The first-order valence-corrected chi connectivity index (χ1v) is 9.19. The molecule has 2 amide bonds. The van der Waals surface area contributed by atoms with Gasteiger partial charge in [0.25, 0.3) is 5.91 Å². The molecule has 0 aliphatic carbocycles. The quantitative estimate of drug-likeness (QED) is 0.886. The molecule has 4 rings (SSSR count). The van der Waals surface area contributed by atoms with E-state index in [0.717, 1.165) is 28.9 Å². The van der Waals surface area contributed by atoms with Crippen molar-refractivity contribution in [3.63, 3.8) is 0 Å². The Bertz CT molecular complexity index is 953. The zero-order valence-electron chi connectivity index (χ0n) is 15.8. The lowest BCUT2D eigenvalue weighted by molar-refractivity contribution is -0.142. The third-order valence-electron chi connectivity index (χ3n) is 4.73. The van der Waals surface area contributed by atoms with Crippen molar-refractivity contribution in [1.82, 2.24) is 4.90 Å². The van der Waals surface area contributed by atoms with Gasteiger partial charge in [0.2, 0.25) is 12.0 Å². The summed E-state index contributed by atoms with van der Waals surface area (Å²) in [6.45, 7) is 4.18. The molecule has 2 aromatic rings. The largest absolute Gasteiger partial charge is 0.493 e. The van der Waals surface area contributed by atoms with E-state index < -0.39 is 6.10 Å². The van der Waals surface area contributed by atoms with Crippen LogP contribution in [-0.4, -0.2) is 35.3 Å². The number of amidine groups is 1. The van der Waals surface area contributed by atoms with Gasteiger partial charge >= 0.3 is 0 Å². The smallest absolute Gasteiger partial charge is 0.272 e. The maximum absolute atomic E-state index is 12.8. The van der Waals surface area contributed by atoms with E-state index in [2.05, 4.69) is 10.5 Å². The molecule has 0 aromatic heterocycles. The Balaban J connectivity index is 1.61. The van der Waals surface area contributed by atoms with E-state index >= 15 is 0 Å². The van der Waals surface area contributed by atoms with E-state index in [9.17, 15) is 9.59 Å². The molecular weight excluding hydrogens is 358 g/mol. The van der Waals surface area contributed by atoms with Gasteiger partial charge in [0, 0.05) is 24.6 Å². The van der Waals surface area contributed by atoms with Gasteiger partial charge in [-0.1, -0.05) is 17.3 Å². The maximum atomic E-state index is 12.8. The van der Waals surface area contributed by atoms with Gasteiger partial charge in [0.1, 0.15) is 5.75 Å². The van der Waals surface area contributed by atoms with Crippen LogP contribution >= 0.6 is 0 Å². The number of ether oxygens (including phenoxy) is 1. The summed E-state index contributed by atoms with van der Waals surface area (Å²) in [5.74, 6) is 1.09. The van der Waals surface area contributed by atoms with Gasteiger partial charge in [0.15, 0.2) is 5.84 Å². The van der Waals surface area contributed by atoms with Crippen molar-refractivity contribution in [2.24, 2.45) is 5.16 Å². The number of rotatable bonds is 4. The van der Waals surface area contributed by atoms with E-state index in [0.29, 0.717) is 24.7 Å². The summed E-state index contributed by atoms with van der Waals surface area (Å²) in [7, 11) is 0. The molecule has 0 bridgehead atoms. The first-order valence-electron chi connectivity index (χ1n) is 9.19. The number of hydrogen-bond acceptors (Lipinski definition) is 5. The van der Waals surface area contributed by atoms with E-state index in [1.54, 1.807) is 11.8 Å². The summed E-state index contributed by atoms with van der Waals surface area (Å²) < 4.78 is 5.56. The topological polar surface area (TPSA) is 80.2 Å².